The van der Waals surface area contributed by atoms with E-state index in [0.29, 0.717) is 44.9 Å². The maximum absolute atomic E-state index is 14.1. The molecular formula is C38H60O18. The summed E-state index contributed by atoms with van der Waals surface area (Å²) in [7, 11) is 0. The van der Waals surface area contributed by atoms with Gasteiger partial charge in [0.2, 0.25) is 6.29 Å². The van der Waals surface area contributed by atoms with Crippen LogP contribution in [0.3, 0.4) is 0 Å². The molecule has 7 aliphatic rings. The summed E-state index contributed by atoms with van der Waals surface area (Å²) >= 11 is 0. The number of hydrogen-bond acceptors (Lipinski definition) is 18. The molecule has 0 amide bonds. The third-order valence-electron chi connectivity index (χ3n) is 15.0. The van der Waals surface area contributed by atoms with Gasteiger partial charge in [0.05, 0.1) is 30.8 Å². The molecule has 3 heterocycles. The van der Waals surface area contributed by atoms with E-state index < -0.39 is 129 Å². The summed E-state index contributed by atoms with van der Waals surface area (Å²) in [6.07, 6.45) is -17.8. The zero-order chi connectivity index (χ0) is 40.7. The van der Waals surface area contributed by atoms with Crippen LogP contribution in [0.5, 0.6) is 0 Å². The molecule has 320 valence electrons. The topological polar surface area (TPSA) is 295 Å². The van der Waals surface area contributed by atoms with Gasteiger partial charge >= 0.3 is 5.97 Å². The van der Waals surface area contributed by atoms with Gasteiger partial charge in [-0.1, -0.05) is 19.9 Å². The first-order valence-electron chi connectivity index (χ1n) is 19.9. The minimum absolute atomic E-state index is 0.121. The van der Waals surface area contributed by atoms with E-state index in [1.54, 1.807) is 0 Å². The van der Waals surface area contributed by atoms with Gasteiger partial charge in [0.15, 0.2) is 12.6 Å². The largest absolute Gasteiger partial charge is 0.432 e. The van der Waals surface area contributed by atoms with Gasteiger partial charge < -0.3 is 84.6 Å². The zero-order valence-electron chi connectivity index (χ0n) is 31.8. The van der Waals surface area contributed by atoms with Gasteiger partial charge in [-0.3, -0.25) is 4.79 Å². The molecule has 7 fully saturated rings. The van der Waals surface area contributed by atoms with E-state index >= 15 is 0 Å². The predicted molar refractivity (Wildman–Crippen MR) is 186 cm³/mol. The van der Waals surface area contributed by atoms with E-state index in [2.05, 4.69) is 13.5 Å². The normalized spacial score (nSPS) is 54.6. The molecule has 1 spiro atoms. The molecule has 0 radical (unpaired) electrons. The van der Waals surface area contributed by atoms with Crippen LogP contribution in [0.15, 0.2) is 12.2 Å². The number of fused-ring (bicyclic) bond motifs is 3. The molecule has 4 saturated carbocycles. The summed E-state index contributed by atoms with van der Waals surface area (Å²) in [6, 6.07) is 0. The molecule has 3 aliphatic heterocycles. The highest BCUT2D eigenvalue weighted by molar-refractivity contribution is 5.77. The van der Waals surface area contributed by atoms with Crippen LogP contribution in [0, 0.1) is 28.1 Å². The Balaban J connectivity index is 1.10. The van der Waals surface area contributed by atoms with Crippen LogP contribution in [0.2, 0.25) is 0 Å². The summed E-state index contributed by atoms with van der Waals surface area (Å²) in [5, 5.41) is 114. The van der Waals surface area contributed by atoms with Crippen LogP contribution < -0.4 is 0 Å². The van der Waals surface area contributed by atoms with Gasteiger partial charge in [0.25, 0.3) is 0 Å². The lowest BCUT2D eigenvalue weighted by atomic mass is 9.41. The lowest BCUT2D eigenvalue weighted by Gasteiger charge is -2.64. The first-order valence-corrected chi connectivity index (χ1v) is 19.9. The monoisotopic (exact) mass is 804 g/mol. The van der Waals surface area contributed by atoms with Crippen molar-refractivity contribution < 1.29 is 89.4 Å². The number of aliphatic hydroxyl groups is 11. The Hall–Kier alpha value is -1.43. The van der Waals surface area contributed by atoms with E-state index in [1.807, 2.05) is 6.92 Å². The van der Waals surface area contributed by atoms with Crippen LogP contribution in [-0.4, -0.2) is 180 Å². The predicted octanol–water partition coefficient (Wildman–Crippen LogP) is -2.94. The molecule has 18 nitrogen and oxygen atoms in total. The molecule has 3 saturated heterocycles. The standard InChI is InChI=1S/C38H60O18/c1-16-11-37-9-5-20-35(2,7-4-8-36(20,3)34(50)55-32-29(49)26(46)23(43)18(13-40)52-32)21(37)6-10-38(16,15-37)56-33-30(27(47)24(44)19(14-41)53-33)54-31-28(48)25(45)22(42)17(12-39)51-31/h17-33,39-49H,1,4-15H2,2-3H3/t17-,18-,19-,20+,21+,22-,23-,24-,25+,26+,27+,28-,29-,30-,31?,32+,33+,35-,36-,37-,38+/m1/s1. The van der Waals surface area contributed by atoms with E-state index in [1.165, 1.54) is 0 Å². The van der Waals surface area contributed by atoms with Gasteiger partial charge in [-0.05, 0) is 86.5 Å². The highest BCUT2D eigenvalue weighted by Crippen LogP contribution is 2.73. The van der Waals surface area contributed by atoms with Crippen molar-refractivity contribution >= 4 is 5.97 Å². The maximum atomic E-state index is 14.1. The second-order valence-electron chi connectivity index (χ2n) is 18.0. The number of esters is 1. The highest BCUT2D eigenvalue weighted by Gasteiger charge is 2.69. The van der Waals surface area contributed by atoms with Crippen molar-refractivity contribution in [3.05, 3.63) is 12.2 Å². The Bertz CT molecular complexity index is 1450. The molecule has 21 atom stereocenters. The second-order valence-corrected chi connectivity index (χ2v) is 18.0. The molecule has 2 bridgehead atoms. The molecule has 0 aromatic heterocycles. The summed E-state index contributed by atoms with van der Waals surface area (Å²) in [6.45, 7) is 6.52. The molecule has 4 aliphatic carbocycles. The molecule has 56 heavy (non-hydrogen) atoms. The minimum atomic E-state index is -1.81. The Morgan fingerprint density at radius 1 is 0.679 bits per heavy atom. The fraction of sp³-hybridized carbons (Fsp3) is 0.921. The Kier molecular flexibility index (Phi) is 11.9. The van der Waals surface area contributed by atoms with E-state index in [9.17, 15) is 61.0 Å². The summed E-state index contributed by atoms with van der Waals surface area (Å²) < 4.78 is 35.6. The van der Waals surface area contributed by atoms with Crippen molar-refractivity contribution in [2.75, 3.05) is 19.8 Å². The van der Waals surface area contributed by atoms with Crippen LogP contribution in [0.25, 0.3) is 0 Å². The number of ether oxygens (including phenoxy) is 6. The fourth-order valence-electron chi connectivity index (χ4n) is 12.0. The number of carbonyl (C=O) groups is 1. The number of rotatable bonds is 9. The summed E-state index contributed by atoms with van der Waals surface area (Å²) in [5.74, 6) is -0.591. The quantitative estimate of drug-likeness (QED) is 0.0631. The van der Waals surface area contributed by atoms with Crippen LogP contribution in [0.1, 0.15) is 71.6 Å². The van der Waals surface area contributed by atoms with E-state index in [0.717, 1.165) is 18.4 Å². The fourth-order valence-corrected chi connectivity index (χ4v) is 12.0. The molecule has 0 aromatic carbocycles. The first-order chi connectivity index (χ1) is 26.4. The Morgan fingerprint density at radius 2 is 1.21 bits per heavy atom. The summed E-state index contributed by atoms with van der Waals surface area (Å²) in [5.41, 5.74) is -1.80. The van der Waals surface area contributed by atoms with Crippen molar-refractivity contribution in [1.82, 2.24) is 0 Å². The lowest BCUT2D eigenvalue weighted by molar-refractivity contribution is -0.378. The SMILES string of the molecule is C=C1C[C@@]23CC[C@H]4[C@@](C)(CCC[C@@]4(C)C(=O)O[C@@H]4O[C@H](CO)[C@@H](O)[C@H](O)[C@H]4O)[C@@H]2CC[C@]1(O[C@@H]1O[C@H](CO)[C@@H](O)[C@H](O)[C@H]1OC1O[C@H](CO)[C@@H](O)[C@H](O)[C@H]1O)C3. The molecule has 7 rings (SSSR count). The van der Waals surface area contributed by atoms with Crippen molar-refractivity contribution in [2.45, 2.75) is 169 Å². The third-order valence-corrected chi connectivity index (χ3v) is 15.0. The molecule has 11 N–H and O–H groups in total. The number of carbonyl (C=O) groups excluding carboxylic acids is 1. The summed E-state index contributed by atoms with van der Waals surface area (Å²) in [4.78, 5) is 14.1. The minimum Gasteiger partial charge on any atom is -0.432 e. The van der Waals surface area contributed by atoms with Crippen LogP contribution >= 0.6 is 0 Å². The van der Waals surface area contributed by atoms with Crippen LogP contribution in [-0.2, 0) is 33.2 Å². The van der Waals surface area contributed by atoms with Gasteiger partial charge in [-0.2, -0.15) is 0 Å². The van der Waals surface area contributed by atoms with Crippen molar-refractivity contribution in [3.8, 4) is 0 Å². The van der Waals surface area contributed by atoms with Gasteiger partial charge in [0, 0.05) is 0 Å². The molecule has 18 heteroatoms. The van der Waals surface area contributed by atoms with Gasteiger partial charge in [-0.25, -0.2) is 0 Å². The smallest absolute Gasteiger partial charge is 0.314 e. The average Bonchev–Trinajstić information content (AvgIpc) is 3.37. The molecule has 0 aromatic rings. The number of hydrogen-bond donors (Lipinski definition) is 11. The second kappa shape index (κ2) is 15.6. The molecule has 1 unspecified atom stereocenters. The van der Waals surface area contributed by atoms with Crippen LogP contribution in [0.4, 0.5) is 0 Å². The van der Waals surface area contributed by atoms with Crippen molar-refractivity contribution in [1.29, 1.82) is 0 Å². The molecular weight excluding hydrogens is 744 g/mol. The zero-order valence-corrected chi connectivity index (χ0v) is 31.8. The Labute approximate surface area is 324 Å². The lowest BCUT2D eigenvalue weighted by Crippen LogP contribution is -2.65. The average molecular weight is 805 g/mol. The Morgan fingerprint density at radius 3 is 1.82 bits per heavy atom. The third kappa shape index (κ3) is 6.69. The highest BCUT2D eigenvalue weighted by atomic mass is 16.8. The van der Waals surface area contributed by atoms with E-state index in [4.69, 9.17) is 28.4 Å². The van der Waals surface area contributed by atoms with Gasteiger partial charge in [0.1, 0.15) is 73.2 Å². The van der Waals surface area contributed by atoms with Crippen molar-refractivity contribution in [3.63, 3.8) is 0 Å². The van der Waals surface area contributed by atoms with E-state index in [-0.39, 0.29) is 22.7 Å². The van der Waals surface area contributed by atoms with Crippen molar-refractivity contribution in [2.24, 2.45) is 28.1 Å². The number of aliphatic hydroxyl groups excluding tert-OH is 11. The van der Waals surface area contributed by atoms with Gasteiger partial charge in [-0.15, -0.1) is 0 Å². The maximum Gasteiger partial charge on any atom is 0.314 e. The first kappa shape index (κ1) is 42.7.